The Morgan fingerprint density at radius 1 is 0.971 bits per heavy atom. The molecule has 0 radical (unpaired) electrons. The van der Waals surface area contributed by atoms with Crippen molar-refractivity contribution in [1.29, 1.82) is 0 Å². The third-order valence-electron chi connectivity index (χ3n) is 7.05. The topological polar surface area (TPSA) is 85.4 Å². The number of likely N-dealkylation sites (tertiary alicyclic amines) is 1. The molecule has 176 valence electrons. The fraction of sp³-hybridized carbons (Fsp3) is 0.231. The number of anilines is 2. The Morgan fingerprint density at radius 2 is 1.74 bits per heavy atom. The van der Waals surface area contributed by atoms with Crippen LogP contribution < -0.4 is 9.80 Å². The van der Waals surface area contributed by atoms with E-state index < -0.39 is 5.54 Å². The molecule has 1 N–H and O–H groups in total. The molecule has 8 nitrogen and oxygen atoms in total. The number of pyridine rings is 1. The van der Waals surface area contributed by atoms with Crippen LogP contribution in [-0.4, -0.2) is 57.2 Å². The second-order valence-corrected chi connectivity index (χ2v) is 9.41. The molecule has 2 aromatic carbocycles. The molecule has 0 aliphatic carbocycles. The standard InChI is InChI=1S/C26H23ClN6O2/c27-20-5-4-8-22(14-20)32-17-33(21-6-2-1-3-7-21)26(25(32)35)9-11-31(12-10-26)24(34)19-13-18-16-29-30-23(18)28-15-19/h1-8,13-16H,9-12,17H2,(H,28,29,30). The minimum absolute atomic E-state index is 0.0391. The molecule has 0 unspecified atom stereocenters. The van der Waals surface area contributed by atoms with Crippen LogP contribution in [0.25, 0.3) is 11.0 Å². The van der Waals surface area contributed by atoms with Crippen molar-refractivity contribution < 1.29 is 9.59 Å². The fourth-order valence-corrected chi connectivity index (χ4v) is 5.37. The number of carbonyl (C=O) groups excluding carboxylic acids is 2. The Hall–Kier alpha value is -3.91. The SMILES string of the molecule is O=C(c1cnc2[nH]ncc2c1)N1CCC2(CC1)C(=O)N(c1cccc(Cl)c1)CN2c1ccccc1. The maximum absolute atomic E-state index is 14.0. The molecule has 2 fully saturated rings. The lowest BCUT2D eigenvalue weighted by Gasteiger charge is -2.43. The van der Waals surface area contributed by atoms with E-state index in [-0.39, 0.29) is 11.8 Å². The zero-order chi connectivity index (χ0) is 24.0. The van der Waals surface area contributed by atoms with Crippen LogP contribution in [0.1, 0.15) is 23.2 Å². The minimum atomic E-state index is -0.729. The highest BCUT2D eigenvalue weighted by Gasteiger charge is 2.54. The van der Waals surface area contributed by atoms with Gasteiger partial charge < -0.3 is 9.80 Å². The van der Waals surface area contributed by atoms with Gasteiger partial charge in [0.25, 0.3) is 11.8 Å². The third-order valence-corrected chi connectivity index (χ3v) is 7.28. The molecule has 2 saturated heterocycles. The third kappa shape index (κ3) is 3.61. The number of hydrogen-bond donors (Lipinski definition) is 1. The molecule has 4 heterocycles. The predicted octanol–water partition coefficient (Wildman–Crippen LogP) is 4.10. The first-order valence-corrected chi connectivity index (χ1v) is 11.9. The van der Waals surface area contributed by atoms with Gasteiger partial charge in [0.05, 0.1) is 18.4 Å². The van der Waals surface area contributed by atoms with Crippen LogP contribution >= 0.6 is 11.6 Å². The van der Waals surface area contributed by atoms with Crippen LogP contribution in [0.15, 0.2) is 73.1 Å². The summed E-state index contributed by atoms with van der Waals surface area (Å²) in [4.78, 5) is 37.3. The van der Waals surface area contributed by atoms with Gasteiger partial charge in [-0.3, -0.25) is 19.6 Å². The van der Waals surface area contributed by atoms with Crippen molar-refractivity contribution in [3.63, 3.8) is 0 Å². The number of piperidine rings is 1. The summed E-state index contributed by atoms with van der Waals surface area (Å²) in [5.74, 6) is -0.0453. The average Bonchev–Trinajstić information content (AvgIpc) is 3.47. The molecule has 35 heavy (non-hydrogen) atoms. The summed E-state index contributed by atoms with van der Waals surface area (Å²) >= 11 is 6.24. The first kappa shape index (κ1) is 21.6. The van der Waals surface area contributed by atoms with E-state index in [1.807, 2.05) is 53.4 Å². The van der Waals surface area contributed by atoms with Gasteiger partial charge in [0.1, 0.15) is 5.54 Å². The summed E-state index contributed by atoms with van der Waals surface area (Å²) in [6.07, 6.45) is 4.30. The quantitative estimate of drug-likeness (QED) is 0.471. The monoisotopic (exact) mass is 486 g/mol. The van der Waals surface area contributed by atoms with Crippen LogP contribution in [0, 0.1) is 0 Å². The van der Waals surface area contributed by atoms with Crippen molar-refractivity contribution in [2.45, 2.75) is 18.4 Å². The highest BCUT2D eigenvalue weighted by Crippen LogP contribution is 2.41. The van der Waals surface area contributed by atoms with E-state index in [1.54, 1.807) is 29.4 Å². The zero-order valence-corrected chi connectivity index (χ0v) is 19.7. The number of benzene rings is 2. The summed E-state index contributed by atoms with van der Waals surface area (Å²) in [6.45, 7) is 1.37. The Bertz CT molecular complexity index is 1410. The van der Waals surface area contributed by atoms with E-state index >= 15 is 0 Å². The zero-order valence-electron chi connectivity index (χ0n) is 18.9. The van der Waals surface area contributed by atoms with Gasteiger partial charge >= 0.3 is 0 Å². The van der Waals surface area contributed by atoms with E-state index in [2.05, 4.69) is 20.1 Å². The van der Waals surface area contributed by atoms with Gasteiger partial charge in [-0.25, -0.2) is 4.98 Å². The van der Waals surface area contributed by atoms with Crippen LogP contribution in [0.3, 0.4) is 0 Å². The van der Waals surface area contributed by atoms with Crippen molar-refractivity contribution in [2.24, 2.45) is 0 Å². The summed E-state index contributed by atoms with van der Waals surface area (Å²) in [7, 11) is 0. The van der Waals surface area contributed by atoms with Crippen molar-refractivity contribution in [3.8, 4) is 0 Å². The van der Waals surface area contributed by atoms with Gasteiger partial charge in [-0.15, -0.1) is 0 Å². The van der Waals surface area contributed by atoms with Crippen molar-refractivity contribution in [2.75, 3.05) is 29.6 Å². The van der Waals surface area contributed by atoms with Gasteiger partial charge in [-0.1, -0.05) is 35.9 Å². The lowest BCUT2D eigenvalue weighted by molar-refractivity contribution is -0.122. The first-order valence-electron chi connectivity index (χ1n) is 11.5. The molecule has 0 bridgehead atoms. The van der Waals surface area contributed by atoms with Crippen LogP contribution in [0.2, 0.25) is 5.02 Å². The van der Waals surface area contributed by atoms with Crippen LogP contribution in [-0.2, 0) is 4.79 Å². The number of amides is 2. The number of aromatic amines is 1. The van der Waals surface area contributed by atoms with Gasteiger partial charge in [-0.05, 0) is 49.2 Å². The number of rotatable bonds is 3. The Morgan fingerprint density at radius 3 is 2.51 bits per heavy atom. The highest BCUT2D eigenvalue weighted by molar-refractivity contribution is 6.31. The van der Waals surface area contributed by atoms with E-state index in [0.29, 0.717) is 48.8 Å². The van der Waals surface area contributed by atoms with Crippen molar-refractivity contribution >= 4 is 45.8 Å². The normalized spacial score (nSPS) is 17.5. The molecule has 1 spiro atoms. The first-order chi connectivity index (χ1) is 17.0. The lowest BCUT2D eigenvalue weighted by atomic mass is 9.85. The van der Waals surface area contributed by atoms with Crippen LogP contribution in [0.4, 0.5) is 11.4 Å². The molecule has 4 aromatic rings. The number of para-hydroxylation sites is 1. The molecule has 2 aromatic heterocycles. The number of carbonyl (C=O) groups is 2. The van der Waals surface area contributed by atoms with Gasteiger partial charge in [0, 0.05) is 41.1 Å². The Kier molecular flexibility index (Phi) is 5.18. The average molecular weight is 487 g/mol. The smallest absolute Gasteiger partial charge is 0.255 e. The van der Waals surface area contributed by atoms with E-state index in [9.17, 15) is 9.59 Å². The predicted molar refractivity (Wildman–Crippen MR) is 134 cm³/mol. The number of halogens is 1. The second kappa shape index (κ2) is 8.39. The number of hydrogen-bond acceptors (Lipinski definition) is 5. The molecular formula is C26H23ClN6O2. The summed E-state index contributed by atoms with van der Waals surface area (Å²) in [6, 6.07) is 19.2. The molecule has 2 aliphatic rings. The maximum Gasteiger partial charge on any atom is 0.255 e. The fourth-order valence-electron chi connectivity index (χ4n) is 5.19. The Balaban J connectivity index is 1.29. The number of nitrogens with zero attached hydrogens (tertiary/aromatic N) is 5. The number of aromatic nitrogens is 3. The number of nitrogens with one attached hydrogen (secondary N) is 1. The van der Waals surface area contributed by atoms with Gasteiger partial charge in [-0.2, -0.15) is 5.10 Å². The lowest BCUT2D eigenvalue weighted by Crippen LogP contribution is -2.57. The van der Waals surface area contributed by atoms with Crippen molar-refractivity contribution in [1.82, 2.24) is 20.1 Å². The molecule has 2 amide bonds. The summed E-state index contributed by atoms with van der Waals surface area (Å²) in [5, 5.41) is 8.16. The molecule has 2 aliphatic heterocycles. The molecule has 0 saturated carbocycles. The van der Waals surface area contributed by atoms with Gasteiger partial charge in [0.2, 0.25) is 0 Å². The van der Waals surface area contributed by atoms with E-state index in [0.717, 1.165) is 16.8 Å². The van der Waals surface area contributed by atoms with Crippen LogP contribution in [0.5, 0.6) is 0 Å². The minimum Gasteiger partial charge on any atom is -0.338 e. The molecule has 9 heteroatoms. The highest BCUT2D eigenvalue weighted by atomic mass is 35.5. The largest absolute Gasteiger partial charge is 0.338 e. The van der Waals surface area contributed by atoms with Gasteiger partial charge in [0.15, 0.2) is 5.65 Å². The molecular weight excluding hydrogens is 464 g/mol. The van der Waals surface area contributed by atoms with E-state index in [4.69, 9.17) is 11.6 Å². The maximum atomic E-state index is 14.0. The second-order valence-electron chi connectivity index (χ2n) is 8.97. The summed E-state index contributed by atoms with van der Waals surface area (Å²) in [5.41, 5.74) is 2.20. The van der Waals surface area contributed by atoms with Crippen molar-refractivity contribution in [3.05, 3.63) is 83.6 Å². The Labute approximate surface area is 207 Å². The number of fused-ring (bicyclic) bond motifs is 1. The number of H-pyrrole nitrogens is 1. The molecule has 0 atom stereocenters. The summed E-state index contributed by atoms with van der Waals surface area (Å²) < 4.78 is 0. The van der Waals surface area contributed by atoms with E-state index in [1.165, 1.54) is 0 Å². The molecule has 6 rings (SSSR count).